The Morgan fingerprint density at radius 1 is 1.17 bits per heavy atom. The van der Waals surface area contributed by atoms with E-state index in [1.54, 1.807) is 0 Å². The van der Waals surface area contributed by atoms with Crippen LogP contribution in [-0.4, -0.2) is 12.5 Å². The second-order valence-electron chi connectivity index (χ2n) is 5.44. The van der Waals surface area contributed by atoms with Gasteiger partial charge in [0.1, 0.15) is 11.6 Å². The Balaban J connectivity index is 2.81. The Bertz CT molecular complexity index is 563. The van der Waals surface area contributed by atoms with E-state index in [1.165, 1.54) is 6.20 Å². The maximum absolute atomic E-state index is 12.4. The van der Waals surface area contributed by atoms with Crippen molar-refractivity contribution in [3.8, 4) is 6.07 Å². The molecule has 4 heteroatoms. The summed E-state index contributed by atoms with van der Waals surface area (Å²) >= 11 is 0. The van der Waals surface area contributed by atoms with E-state index < -0.39 is 0 Å². The maximum Gasteiger partial charge on any atom is 0.267 e. The first-order valence-corrected chi connectivity index (χ1v) is 8.43. The molecule has 0 atom stereocenters. The van der Waals surface area contributed by atoms with E-state index in [2.05, 4.69) is 31.4 Å². The van der Waals surface area contributed by atoms with Crippen molar-refractivity contribution in [1.82, 2.24) is 5.32 Å². The molecule has 2 N–H and O–H groups in total. The van der Waals surface area contributed by atoms with Crippen LogP contribution in [0.3, 0.4) is 0 Å². The van der Waals surface area contributed by atoms with Crippen LogP contribution in [0.1, 0.15) is 51.2 Å². The minimum absolute atomic E-state index is 0.106. The molecule has 124 valence electrons. The van der Waals surface area contributed by atoms with Gasteiger partial charge in [-0.3, -0.25) is 4.79 Å². The number of para-hydroxylation sites is 1. The van der Waals surface area contributed by atoms with E-state index in [0.717, 1.165) is 55.5 Å². The van der Waals surface area contributed by atoms with Crippen LogP contribution in [0.2, 0.25) is 0 Å². The van der Waals surface area contributed by atoms with E-state index in [4.69, 9.17) is 0 Å². The Hall–Kier alpha value is -2.28. The van der Waals surface area contributed by atoms with Crippen molar-refractivity contribution in [1.29, 1.82) is 5.26 Å². The summed E-state index contributed by atoms with van der Waals surface area (Å²) in [6.45, 7) is 7.03. The molecule has 1 amide bonds. The molecule has 0 spiro atoms. The summed E-state index contributed by atoms with van der Waals surface area (Å²) in [6, 6.07) is 7.99. The quantitative estimate of drug-likeness (QED) is 0.412. The van der Waals surface area contributed by atoms with E-state index >= 15 is 0 Å². The highest BCUT2D eigenvalue weighted by Crippen LogP contribution is 2.23. The first-order valence-electron chi connectivity index (χ1n) is 8.43. The van der Waals surface area contributed by atoms with Crippen molar-refractivity contribution >= 4 is 11.6 Å². The van der Waals surface area contributed by atoms with Crippen LogP contribution in [0.25, 0.3) is 0 Å². The van der Waals surface area contributed by atoms with Crippen LogP contribution < -0.4 is 10.6 Å². The van der Waals surface area contributed by atoms with Gasteiger partial charge in [0.05, 0.1) is 0 Å². The number of anilines is 1. The van der Waals surface area contributed by atoms with E-state index in [-0.39, 0.29) is 11.5 Å². The molecule has 1 rings (SSSR count). The first kappa shape index (κ1) is 18.8. The molecule has 23 heavy (non-hydrogen) atoms. The van der Waals surface area contributed by atoms with Crippen LogP contribution >= 0.6 is 0 Å². The van der Waals surface area contributed by atoms with Gasteiger partial charge in [-0.25, -0.2) is 0 Å². The molecule has 0 aliphatic carbocycles. The first-order chi connectivity index (χ1) is 11.2. The SMILES string of the molecule is CCCCCN/C=C(/C#N)C(=O)Nc1c(CC)cccc1CC. The molecule has 0 aliphatic rings. The maximum atomic E-state index is 12.4. The molecular weight excluding hydrogens is 286 g/mol. The second kappa shape index (κ2) is 10.4. The van der Waals surface area contributed by atoms with Gasteiger partial charge >= 0.3 is 0 Å². The normalized spacial score (nSPS) is 11.0. The number of hydrogen-bond donors (Lipinski definition) is 2. The molecule has 1 aromatic rings. The molecule has 0 saturated heterocycles. The summed E-state index contributed by atoms with van der Waals surface area (Å²) in [6.07, 6.45) is 6.51. The predicted molar refractivity (Wildman–Crippen MR) is 95.1 cm³/mol. The Kier molecular flexibility index (Phi) is 8.52. The predicted octanol–water partition coefficient (Wildman–Crippen LogP) is 3.94. The number of hydrogen-bond acceptors (Lipinski definition) is 3. The van der Waals surface area contributed by atoms with Gasteiger partial charge in [0.2, 0.25) is 0 Å². The van der Waals surface area contributed by atoms with E-state index in [9.17, 15) is 10.1 Å². The number of carbonyl (C=O) groups excluding carboxylic acids is 1. The number of nitriles is 1. The number of rotatable bonds is 9. The fourth-order valence-corrected chi connectivity index (χ4v) is 2.38. The topological polar surface area (TPSA) is 64.9 Å². The zero-order chi connectivity index (χ0) is 17.1. The Labute approximate surface area is 139 Å². The summed E-state index contributed by atoms with van der Waals surface area (Å²) in [5, 5.41) is 15.2. The van der Waals surface area contributed by atoms with Gasteiger partial charge in [-0.1, -0.05) is 51.8 Å². The van der Waals surface area contributed by atoms with Crippen LogP contribution in [0, 0.1) is 11.3 Å². The molecule has 4 nitrogen and oxygen atoms in total. The number of unbranched alkanes of at least 4 members (excludes halogenated alkanes) is 2. The van der Waals surface area contributed by atoms with Crippen LogP contribution in [0.5, 0.6) is 0 Å². The molecule has 0 aliphatic heterocycles. The molecule has 0 radical (unpaired) electrons. The third-order valence-electron chi connectivity index (χ3n) is 3.77. The average Bonchev–Trinajstić information content (AvgIpc) is 2.58. The van der Waals surface area contributed by atoms with Crippen LogP contribution in [0.15, 0.2) is 30.0 Å². The lowest BCUT2D eigenvalue weighted by Crippen LogP contribution is -2.19. The van der Waals surface area contributed by atoms with Gasteiger partial charge in [-0.15, -0.1) is 0 Å². The Morgan fingerprint density at radius 2 is 1.83 bits per heavy atom. The number of aryl methyl sites for hydroxylation is 2. The molecular formula is C19H27N3O. The lowest BCUT2D eigenvalue weighted by atomic mass is 10.0. The molecule has 0 aromatic heterocycles. The average molecular weight is 313 g/mol. The smallest absolute Gasteiger partial charge is 0.267 e. The number of amides is 1. The van der Waals surface area contributed by atoms with Gasteiger partial charge in [0.15, 0.2) is 0 Å². The summed E-state index contributed by atoms with van der Waals surface area (Å²) in [5.74, 6) is -0.355. The highest BCUT2D eigenvalue weighted by molar-refractivity contribution is 6.07. The highest BCUT2D eigenvalue weighted by Gasteiger charge is 2.13. The van der Waals surface area contributed by atoms with Crippen molar-refractivity contribution in [3.63, 3.8) is 0 Å². The third kappa shape index (κ3) is 5.78. The number of nitrogens with zero attached hydrogens (tertiary/aromatic N) is 1. The summed E-state index contributed by atoms with van der Waals surface area (Å²) in [7, 11) is 0. The largest absolute Gasteiger partial charge is 0.390 e. The van der Waals surface area contributed by atoms with Crippen molar-refractivity contribution in [2.24, 2.45) is 0 Å². The van der Waals surface area contributed by atoms with Crippen molar-refractivity contribution in [2.75, 3.05) is 11.9 Å². The summed E-state index contributed by atoms with van der Waals surface area (Å²) < 4.78 is 0. The van der Waals surface area contributed by atoms with E-state index in [0.29, 0.717) is 0 Å². The zero-order valence-electron chi connectivity index (χ0n) is 14.4. The zero-order valence-corrected chi connectivity index (χ0v) is 14.4. The van der Waals surface area contributed by atoms with E-state index in [1.807, 2.05) is 24.3 Å². The van der Waals surface area contributed by atoms with Crippen LogP contribution in [0.4, 0.5) is 5.69 Å². The number of nitrogens with one attached hydrogen (secondary N) is 2. The lowest BCUT2D eigenvalue weighted by molar-refractivity contribution is -0.112. The molecule has 0 bridgehead atoms. The van der Waals surface area contributed by atoms with Crippen LogP contribution in [-0.2, 0) is 17.6 Å². The standard InChI is InChI=1S/C19H27N3O/c1-4-7-8-12-21-14-17(13-20)19(23)22-18-15(5-2)10-9-11-16(18)6-3/h9-11,14,21H,4-8,12H2,1-3H3,(H,22,23)/b17-14-. The fourth-order valence-electron chi connectivity index (χ4n) is 2.38. The minimum atomic E-state index is -0.355. The number of benzene rings is 1. The minimum Gasteiger partial charge on any atom is -0.390 e. The second-order valence-corrected chi connectivity index (χ2v) is 5.44. The molecule has 1 aromatic carbocycles. The van der Waals surface area contributed by atoms with Gasteiger partial charge in [0.25, 0.3) is 5.91 Å². The van der Waals surface area contributed by atoms with Gasteiger partial charge in [-0.2, -0.15) is 5.26 Å². The Morgan fingerprint density at radius 3 is 2.35 bits per heavy atom. The number of carbonyl (C=O) groups is 1. The fraction of sp³-hybridized carbons (Fsp3) is 0.474. The molecule has 0 saturated carbocycles. The molecule has 0 fully saturated rings. The molecule has 0 heterocycles. The van der Waals surface area contributed by atoms with Gasteiger partial charge in [-0.05, 0) is 30.4 Å². The third-order valence-corrected chi connectivity index (χ3v) is 3.77. The van der Waals surface area contributed by atoms with Crippen molar-refractivity contribution in [3.05, 3.63) is 41.1 Å². The summed E-state index contributed by atoms with van der Waals surface area (Å²) in [4.78, 5) is 12.4. The monoisotopic (exact) mass is 313 g/mol. The van der Waals surface area contributed by atoms with Gasteiger partial charge in [0, 0.05) is 18.4 Å². The molecule has 0 unspecified atom stereocenters. The summed E-state index contributed by atoms with van der Waals surface area (Å²) in [5.41, 5.74) is 3.13. The van der Waals surface area contributed by atoms with Crippen molar-refractivity contribution in [2.45, 2.75) is 52.9 Å². The van der Waals surface area contributed by atoms with Crippen molar-refractivity contribution < 1.29 is 4.79 Å². The van der Waals surface area contributed by atoms with Gasteiger partial charge < -0.3 is 10.6 Å². The highest BCUT2D eigenvalue weighted by atomic mass is 16.1. The lowest BCUT2D eigenvalue weighted by Gasteiger charge is -2.14.